The zero-order chi connectivity index (χ0) is 19.1. The second-order valence-corrected chi connectivity index (χ2v) is 6.54. The van der Waals surface area contributed by atoms with Crippen LogP contribution in [0, 0.1) is 11.6 Å². The average molecular weight is 371 g/mol. The third-order valence-corrected chi connectivity index (χ3v) is 4.80. The maximum atomic E-state index is 13.3. The van der Waals surface area contributed by atoms with Crippen molar-refractivity contribution in [3.05, 3.63) is 103 Å². The van der Waals surface area contributed by atoms with Crippen molar-refractivity contribution in [1.82, 2.24) is 14.2 Å². The van der Waals surface area contributed by atoms with E-state index in [4.69, 9.17) is 0 Å². The van der Waals surface area contributed by atoms with E-state index in [1.54, 1.807) is 35.1 Å². The highest BCUT2D eigenvalue weighted by atomic mass is 19.1. The van der Waals surface area contributed by atoms with E-state index < -0.39 is 0 Å². The predicted molar refractivity (Wildman–Crippen MR) is 105 cm³/mol. The van der Waals surface area contributed by atoms with Crippen LogP contribution in [0.2, 0.25) is 0 Å². The molecule has 28 heavy (non-hydrogen) atoms. The van der Waals surface area contributed by atoms with E-state index in [9.17, 15) is 8.78 Å². The predicted octanol–water partition coefficient (Wildman–Crippen LogP) is 5.74. The molecule has 136 valence electrons. The number of aromatic nitrogens is 3. The summed E-state index contributed by atoms with van der Waals surface area (Å²) in [5, 5.41) is 4.39. The van der Waals surface area contributed by atoms with E-state index in [1.165, 1.54) is 24.3 Å². The van der Waals surface area contributed by atoms with E-state index in [1.807, 2.05) is 36.5 Å². The molecule has 0 spiro atoms. The Hall–Kier alpha value is -3.73. The Bertz CT molecular complexity index is 1270. The smallest absolute Gasteiger partial charge is 0.123 e. The van der Waals surface area contributed by atoms with Crippen LogP contribution < -0.4 is 0 Å². The Kier molecular flexibility index (Phi) is 3.79. The summed E-state index contributed by atoms with van der Waals surface area (Å²) in [4.78, 5) is 0. The summed E-state index contributed by atoms with van der Waals surface area (Å²) < 4.78 is 30.4. The third kappa shape index (κ3) is 2.77. The molecule has 5 rings (SSSR count). The highest BCUT2D eigenvalue weighted by Crippen LogP contribution is 2.28. The summed E-state index contributed by atoms with van der Waals surface area (Å²) in [6, 6.07) is 22.7. The van der Waals surface area contributed by atoms with Crippen LogP contribution in [0.5, 0.6) is 0 Å². The van der Waals surface area contributed by atoms with Crippen molar-refractivity contribution in [2.24, 2.45) is 0 Å². The van der Waals surface area contributed by atoms with Gasteiger partial charge >= 0.3 is 0 Å². The molecule has 2 aromatic carbocycles. The summed E-state index contributed by atoms with van der Waals surface area (Å²) >= 11 is 0. The molecule has 0 aliphatic heterocycles. The third-order valence-electron chi connectivity index (χ3n) is 4.80. The number of fused-ring (bicyclic) bond motifs is 1. The molecule has 3 nitrogen and oxygen atoms in total. The Morgan fingerprint density at radius 2 is 1.25 bits per heavy atom. The van der Waals surface area contributed by atoms with Crippen LogP contribution in [0.4, 0.5) is 8.78 Å². The molecule has 0 unspecified atom stereocenters. The first-order chi connectivity index (χ1) is 13.7. The molecule has 0 saturated heterocycles. The first-order valence-electron chi connectivity index (χ1n) is 8.86. The van der Waals surface area contributed by atoms with Crippen molar-refractivity contribution < 1.29 is 8.78 Å². The van der Waals surface area contributed by atoms with Crippen LogP contribution in [-0.2, 0) is 0 Å². The zero-order valence-corrected chi connectivity index (χ0v) is 14.8. The Labute approximate surface area is 160 Å². The zero-order valence-electron chi connectivity index (χ0n) is 14.8. The van der Waals surface area contributed by atoms with E-state index in [-0.39, 0.29) is 11.6 Å². The van der Waals surface area contributed by atoms with Crippen molar-refractivity contribution in [2.45, 2.75) is 0 Å². The molecule has 0 fully saturated rings. The number of hydrogen-bond donors (Lipinski definition) is 0. The minimum absolute atomic E-state index is 0.256. The van der Waals surface area contributed by atoms with Crippen LogP contribution in [0.15, 0.2) is 91.3 Å². The minimum atomic E-state index is -0.282. The fourth-order valence-corrected chi connectivity index (χ4v) is 3.42. The maximum Gasteiger partial charge on any atom is 0.123 e. The molecular weight excluding hydrogens is 356 g/mol. The first-order valence-corrected chi connectivity index (χ1v) is 8.86. The molecule has 0 atom stereocenters. The lowest BCUT2D eigenvalue weighted by Crippen LogP contribution is -2.00. The fourth-order valence-electron chi connectivity index (χ4n) is 3.42. The standard InChI is InChI=1S/C23H15F2N3/c24-18-4-1-16(2-5-18)22-12-11-20-8-3-17(15-27(20)22)23-13-14-26-28(23)21-9-6-19(25)7-10-21/h1-15H. The highest BCUT2D eigenvalue weighted by molar-refractivity contribution is 5.71. The van der Waals surface area contributed by atoms with Crippen LogP contribution in [0.1, 0.15) is 0 Å². The molecule has 0 saturated carbocycles. The molecule has 0 aliphatic carbocycles. The van der Waals surface area contributed by atoms with E-state index in [2.05, 4.69) is 9.50 Å². The minimum Gasteiger partial charge on any atom is -0.316 e. The van der Waals surface area contributed by atoms with E-state index in [0.29, 0.717) is 0 Å². The van der Waals surface area contributed by atoms with Crippen molar-refractivity contribution in [3.8, 4) is 28.2 Å². The summed E-state index contributed by atoms with van der Waals surface area (Å²) in [5.74, 6) is -0.538. The second kappa shape index (κ2) is 6.46. The number of hydrogen-bond acceptors (Lipinski definition) is 1. The lowest BCUT2D eigenvalue weighted by Gasteiger charge is -2.10. The Morgan fingerprint density at radius 3 is 2.00 bits per heavy atom. The lowest BCUT2D eigenvalue weighted by atomic mass is 10.1. The Morgan fingerprint density at radius 1 is 0.607 bits per heavy atom. The van der Waals surface area contributed by atoms with Crippen LogP contribution in [0.3, 0.4) is 0 Å². The molecule has 0 aliphatic rings. The average Bonchev–Trinajstić information content (AvgIpc) is 3.36. The molecule has 0 N–H and O–H groups in total. The molecule has 3 heterocycles. The van der Waals surface area contributed by atoms with Gasteiger partial charge in [-0.2, -0.15) is 5.10 Å². The topological polar surface area (TPSA) is 22.2 Å². The number of pyridine rings is 1. The second-order valence-electron chi connectivity index (χ2n) is 6.54. The van der Waals surface area contributed by atoms with Gasteiger partial charge in [0.2, 0.25) is 0 Å². The van der Waals surface area contributed by atoms with Crippen molar-refractivity contribution in [3.63, 3.8) is 0 Å². The van der Waals surface area contributed by atoms with Gasteiger partial charge < -0.3 is 4.40 Å². The van der Waals surface area contributed by atoms with Crippen LogP contribution in [0.25, 0.3) is 33.7 Å². The normalized spacial score (nSPS) is 11.2. The quantitative estimate of drug-likeness (QED) is 0.397. The summed E-state index contributed by atoms with van der Waals surface area (Å²) in [5.41, 5.74) is 5.60. The maximum absolute atomic E-state index is 13.3. The van der Waals surface area contributed by atoms with Crippen molar-refractivity contribution >= 4 is 5.52 Å². The summed E-state index contributed by atoms with van der Waals surface area (Å²) in [6.07, 6.45) is 3.75. The lowest BCUT2D eigenvalue weighted by molar-refractivity contribution is 0.627. The molecule has 5 aromatic rings. The number of rotatable bonds is 3. The number of benzene rings is 2. The summed E-state index contributed by atoms with van der Waals surface area (Å²) in [7, 11) is 0. The van der Waals surface area contributed by atoms with Gasteiger partial charge in [-0.15, -0.1) is 0 Å². The molecule has 3 aromatic heterocycles. The van der Waals surface area contributed by atoms with Crippen molar-refractivity contribution in [1.29, 1.82) is 0 Å². The van der Waals surface area contributed by atoms with Gasteiger partial charge in [-0.3, -0.25) is 0 Å². The number of halogens is 2. The fraction of sp³-hybridized carbons (Fsp3) is 0. The van der Waals surface area contributed by atoms with E-state index in [0.717, 1.165) is 33.7 Å². The highest BCUT2D eigenvalue weighted by Gasteiger charge is 2.11. The van der Waals surface area contributed by atoms with Crippen LogP contribution >= 0.6 is 0 Å². The SMILES string of the molecule is Fc1ccc(-c2ccc3ccc(-c4ccnn4-c4ccc(F)cc4)cn23)cc1. The van der Waals surface area contributed by atoms with Crippen molar-refractivity contribution in [2.75, 3.05) is 0 Å². The van der Waals surface area contributed by atoms with Gasteiger partial charge in [0, 0.05) is 17.3 Å². The largest absolute Gasteiger partial charge is 0.316 e. The van der Waals surface area contributed by atoms with Crippen LogP contribution in [-0.4, -0.2) is 14.2 Å². The first kappa shape index (κ1) is 16.4. The Balaban J connectivity index is 1.63. The molecule has 5 heteroatoms. The summed E-state index contributed by atoms with van der Waals surface area (Å²) in [6.45, 7) is 0. The van der Waals surface area contributed by atoms with Gasteiger partial charge in [-0.05, 0) is 84.4 Å². The molecular formula is C23H15F2N3. The molecule has 0 radical (unpaired) electrons. The molecule has 0 bridgehead atoms. The van der Waals surface area contributed by atoms with Gasteiger partial charge in [-0.1, -0.05) is 0 Å². The number of nitrogens with zero attached hydrogens (tertiary/aromatic N) is 3. The van der Waals surface area contributed by atoms with Gasteiger partial charge in [0.05, 0.1) is 23.3 Å². The van der Waals surface area contributed by atoms with E-state index >= 15 is 0 Å². The van der Waals surface area contributed by atoms with Gasteiger partial charge in [0.25, 0.3) is 0 Å². The van der Waals surface area contributed by atoms with Gasteiger partial charge in [-0.25, -0.2) is 13.5 Å². The van der Waals surface area contributed by atoms with Gasteiger partial charge in [0.1, 0.15) is 11.6 Å². The molecule has 0 amide bonds. The van der Waals surface area contributed by atoms with Gasteiger partial charge in [0.15, 0.2) is 0 Å². The monoisotopic (exact) mass is 371 g/mol.